The van der Waals surface area contributed by atoms with Crippen molar-refractivity contribution >= 4 is 35.4 Å². The second-order valence-electron chi connectivity index (χ2n) is 12.2. The van der Waals surface area contributed by atoms with Crippen molar-refractivity contribution in [3.8, 4) is 5.75 Å². The average molecular weight is 608 g/mol. The molecular formula is C34H40Cl2N4O2. The van der Waals surface area contributed by atoms with Crippen LogP contribution in [0.4, 0.5) is 0 Å². The smallest absolute Gasteiger partial charge is 0.211 e. The van der Waals surface area contributed by atoms with E-state index in [9.17, 15) is 4.79 Å². The predicted octanol–water partition coefficient (Wildman–Crippen LogP) is 6.97. The average Bonchev–Trinajstić information content (AvgIpc) is 3.20. The molecule has 1 amide bonds. The molecule has 0 spiro atoms. The van der Waals surface area contributed by atoms with Crippen LogP contribution in [0.25, 0.3) is 0 Å². The third kappa shape index (κ3) is 4.97. The van der Waals surface area contributed by atoms with Gasteiger partial charge in [0.25, 0.3) is 0 Å². The molecule has 0 radical (unpaired) electrons. The van der Waals surface area contributed by atoms with Crippen LogP contribution < -0.4 is 10.1 Å². The third-order valence-corrected chi connectivity index (χ3v) is 9.20. The molecule has 5 rings (SSSR count). The van der Waals surface area contributed by atoms with Crippen LogP contribution in [0.2, 0.25) is 10.0 Å². The Balaban J connectivity index is 1.93. The Morgan fingerprint density at radius 1 is 1.02 bits per heavy atom. The highest BCUT2D eigenvalue weighted by atomic mass is 35.5. The minimum absolute atomic E-state index is 0.0827. The number of aliphatic imine (C=N–C) groups is 1. The lowest BCUT2D eigenvalue weighted by Gasteiger charge is -2.54. The Morgan fingerprint density at radius 3 is 2.21 bits per heavy atom. The molecule has 3 atom stereocenters. The van der Waals surface area contributed by atoms with Gasteiger partial charge < -0.3 is 19.9 Å². The van der Waals surface area contributed by atoms with Crippen LogP contribution >= 0.6 is 23.2 Å². The molecular weight excluding hydrogens is 567 g/mol. The van der Waals surface area contributed by atoms with E-state index in [4.69, 9.17) is 32.9 Å². The van der Waals surface area contributed by atoms with Crippen molar-refractivity contribution in [3.63, 3.8) is 0 Å². The number of hydrogen-bond donors (Lipinski definition) is 1. The summed E-state index contributed by atoms with van der Waals surface area (Å²) in [4.78, 5) is 22.2. The van der Waals surface area contributed by atoms with Gasteiger partial charge in [0.2, 0.25) is 6.41 Å². The normalized spacial score (nSPS) is 24.5. The maximum atomic E-state index is 12.5. The zero-order chi connectivity index (χ0) is 30.3. The molecule has 222 valence electrons. The van der Waals surface area contributed by atoms with E-state index in [1.54, 1.807) is 0 Å². The van der Waals surface area contributed by atoms with Crippen molar-refractivity contribution in [3.05, 3.63) is 99.0 Å². The number of amidine groups is 1. The van der Waals surface area contributed by atoms with Gasteiger partial charge in [0.15, 0.2) is 0 Å². The maximum absolute atomic E-state index is 12.5. The molecule has 2 heterocycles. The molecule has 0 saturated carbocycles. The van der Waals surface area contributed by atoms with E-state index in [-0.39, 0.29) is 11.6 Å². The van der Waals surface area contributed by atoms with Gasteiger partial charge in [-0.25, -0.2) is 0 Å². The number of nitrogens with zero attached hydrogens (tertiary/aromatic N) is 3. The Hall–Kier alpha value is -3.06. The van der Waals surface area contributed by atoms with E-state index < -0.39 is 11.1 Å². The molecule has 1 fully saturated rings. The lowest BCUT2D eigenvalue weighted by Crippen LogP contribution is -2.66. The summed E-state index contributed by atoms with van der Waals surface area (Å²) >= 11 is 12.9. The fourth-order valence-corrected chi connectivity index (χ4v) is 6.96. The van der Waals surface area contributed by atoms with Crippen LogP contribution in [-0.4, -0.2) is 54.5 Å². The molecule has 3 aromatic carbocycles. The van der Waals surface area contributed by atoms with Gasteiger partial charge in [-0.05, 0) is 73.2 Å². The largest absolute Gasteiger partial charge is 0.493 e. The maximum Gasteiger partial charge on any atom is 0.211 e. The van der Waals surface area contributed by atoms with Gasteiger partial charge in [-0.3, -0.25) is 9.79 Å². The van der Waals surface area contributed by atoms with Gasteiger partial charge in [-0.2, -0.15) is 0 Å². The van der Waals surface area contributed by atoms with E-state index >= 15 is 0 Å². The zero-order valence-corrected chi connectivity index (χ0v) is 26.8. The fourth-order valence-electron chi connectivity index (χ4n) is 6.71. The monoisotopic (exact) mass is 606 g/mol. The number of piperazine rings is 1. The molecule has 8 heteroatoms. The van der Waals surface area contributed by atoms with Gasteiger partial charge in [0.1, 0.15) is 23.0 Å². The Bertz CT molecular complexity index is 1470. The molecule has 42 heavy (non-hydrogen) atoms. The number of carbonyl (C=O) groups excluding carboxylic acids is 1. The van der Waals surface area contributed by atoms with E-state index in [0.29, 0.717) is 29.7 Å². The number of halogens is 2. The number of carbonyl (C=O) groups is 1. The van der Waals surface area contributed by atoms with E-state index in [1.807, 2.05) is 55.1 Å². The van der Waals surface area contributed by atoms with Crippen LogP contribution in [0.3, 0.4) is 0 Å². The minimum atomic E-state index is -0.929. The summed E-state index contributed by atoms with van der Waals surface area (Å²) < 4.78 is 6.50. The number of benzene rings is 3. The highest BCUT2D eigenvalue weighted by Gasteiger charge is 2.63. The topological polar surface area (TPSA) is 57.2 Å². The quantitative estimate of drug-likeness (QED) is 0.295. The van der Waals surface area contributed by atoms with Crippen LogP contribution in [0, 0.1) is 0 Å². The van der Waals surface area contributed by atoms with Crippen molar-refractivity contribution in [2.24, 2.45) is 4.99 Å². The standard InChI is InChI=1S/C34H40Cl2N4O2/c1-7-42-30-20-26(32(3,4)5)12-17-29(30)34(25-10-15-28(36)16-11-25)33(6,24-8-13-27(35)14-9-24)38-23(2)40(34)31-21-37-18-19-39(31)22-41/h8-17,20,22,31,37H,7,18-19,21H2,1-6H3/t31?,33-,34+/m0/s1. The second-order valence-corrected chi connectivity index (χ2v) is 13.1. The first-order valence-corrected chi connectivity index (χ1v) is 15.3. The first kappa shape index (κ1) is 30.4. The van der Waals surface area contributed by atoms with Crippen LogP contribution in [0.1, 0.15) is 63.8 Å². The van der Waals surface area contributed by atoms with Gasteiger partial charge in [-0.1, -0.05) is 80.4 Å². The predicted molar refractivity (Wildman–Crippen MR) is 172 cm³/mol. The Labute approximate surface area is 259 Å². The first-order chi connectivity index (χ1) is 20.0. The summed E-state index contributed by atoms with van der Waals surface area (Å²) in [6.45, 7) is 15.2. The van der Waals surface area contributed by atoms with E-state index in [0.717, 1.165) is 41.2 Å². The molecule has 0 aliphatic carbocycles. The van der Waals surface area contributed by atoms with E-state index in [1.165, 1.54) is 5.56 Å². The number of hydrogen-bond acceptors (Lipinski definition) is 5. The molecule has 0 aromatic heterocycles. The lowest BCUT2D eigenvalue weighted by molar-refractivity contribution is -0.126. The van der Waals surface area contributed by atoms with Crippen molar-refractivity contribution in [2.45, 2.75) is 64.2 Å². The number of rotatable bonds is 7. The van der Waals surface area contributed by atoms with Gasteiger partial charge in [-0.15, -0.1) is 0 Å². The Morgan fingerprint density at radius 2 is 1.64 bits per heavy atom. The van der Waals surface area contributed by atoms with Gasteiger partial charge in [0.05, 0.1) is 12.4 Å². The second kappa shape index (κ2) is 11.6. The molecule has 6 nitrogen and oxygen atoms in total. The van der Waals surface area contributed by atoms with Crippen molar-refractivity contribution in [1.82, 2.24) is 15.1 Å². The molecule has 3 aromatic rings. The highest BCUT2D eigenvalue weighted by molar-refractivity contribution is 6.30. The van der Waals surface area contributed by atoms with Gasteiger partial charge >= 0.3 is 0 Å². The van der Waals surface area contributed by atoms with Crippen molar-refractivity contribution in [2.75, 3.05) is 26.2 Å². The molecule has 1 saturated heterocycles. The number of amides is 1. The minimum Gasteiger partial charge on any atom is -0.493 e. The summed E-state index contributed by atoms with van der Waals surface area (Å²) in [6, 6.07) is 22.5. The van der Waals surface area contributed by atoms with Crippen LogP contribution in [-0.2, 0) is 21.3 Å². The van der Waals surface area contributed by atoms with E-state index in [2.05, 4.69) is 68.2 Å². The summed E-state index contributed by atoms with van der Waals surface area (Å²) in [5.41, 5.74) is 2.26. The fraction of sp³-hybridized carbons (Fsp3) is 0.412. The summed E-state index contributed by atoms with van der Waals surface area (Å²) in [6.07, 6.45) is 0.650. The molecule has 1 unspecified atom stereocenters. The summed E-state index contributed by atoms with van der Waals surface area (Å²) in [5, 5.41) is 4.82. The van der Waals surface area contributed by atoms with Crippen molar-refractivity contribution < 1.29 is 9.53 Å². The first-order valence-electron chi connectivity index (χ1n) is 14.5. The summed E-state index contributed by atoms with van der Waals surface area (Å²) in [7, 11) is 0. The molecule has 1 N–H and O–H groups in total. The molecule has 2 aliphatic heterocycles. The highest BCUT2D eigenvalue weighted by Crippen LogP contribution is 2.59. The third-order valence-electron chi connectivity index (χ3n) is 8.70. The van der Waals surface area contributed by atoms with Gasteiger partial charge in [0, 0.05) is 35.2 Å². The molecule has 0 bridgehead atoms. The van der Waals surface area contributed by atoms with Crippen LogP contribution in [0.5, 0.6) is 5.75 Å². The zero-order valence-electron chi connectivity index (χ0n) is 25.2. The SMILES string of the molecule is CCOc1cc(C(C)(C)C)ccc1[C@@]1(c2ccc(Cl)cc2)N(C2CNCCN2C=O)C(C)=N[C@@]1(C)c1ccc(Cl)cc1. The molecule has 2 aliphatic rings. The van der Waals surface area contributed by atoms with Crippen molar-refractivity contribution in [1.29, 1.82) is 0 Å². The summed E-state index contributed by atoms with van der Waals surface area (Å²) in [5.74, 6) is 1.61. The number of ether oxygens (including phenoxy) is 1. The lowest BCUT2D eigenvalue weighted by atomic mass is 9.65. The number of nitrogens with one attached hydrogen (secondary N) is 1. The van der Waals surface area contributed by atoms with Crippen LogP contribution in [0.15, 0.2) is 71.7 Å². The Kier molecular flexibility index (Phi) is 8.36.